The highest BCUT2D eigenvalue weighted by atomic mass is 14.9. The van der Waals surface area contributed by atoms with Crippen LogP contribution in [-0.4, -0.2) is 13.1 Å². The van der Waals surface area contributed by atoms with Crippen molar-refractivity contribution in [2.45, 2.75) is 26.2 Å². The second-order valence-corrected chi connectivity index (χ2v) is 3.43. The number of rotatable bonds is 3. The molecule has 2 nitrogen and oxygen atoms in total. The van der Waals surface area contributed by atoms with E-state index in [4.69, 9.17) is 5.26 Å². The molecule has 0 aromatic carbocycles. The summed E-state index contributed by atoms with van der Waals surface area (Å²) >= 11 is 0. The van der Waals surface area contributed by atoms with E-state index in [1.165, 1.54) is 19.3 Å². The van der Waals surface area contributed by atoms with Gasteiger partial charge in [-0.15, -0.1) is 0 Å². The average Bonchev–Trinajstić information content (AvgIpc) is 1.85. The lowest BCUT2D eigenvalue weighted by molar-refractivity contribution is 0.159. The fraction of sp³-hybridized carbons (Fsp3) is 0.875. The van der Waals surface area contributed by atoms with Gasteiger partial charge in [0.15, 0.2) is 0 Å². The summed E-state index contributed by atoms with van der Waals surface area (Å²) in [5.41, 5.74) is 0.511. The Morgan fingerprint density at radius 1 is 1.60 bits per heavy atom. The molecule has 0 radical (unpaired) electrons. The van der Waals surface area contributed by atoms with Crippen molar-refractivity contribution in [1.29, 1.82) is 5.26 Å². The van der Waals surface area contributed by atoms with Gasteiger partial charge in [0.1, 0.15) is 0 Å². The molecule has 0 heterocycles. The standard InChI is InChI=1S/C8H14N2/c1-8(3-2-4-8)7-10-6-5-9/h10H,2-4,6-7H2,1H3. The first kappa shape index (κ1) is 7.56. The van der Waals surface area contributed by atoms with Crippen LogP contribution in [-0.2, 0) is 0 Å². The number of hydrogen-bond acceptors (Lipinski definition) is 2. The Labute approximate surface area is 62.2 Å². The lowest BCUT2D eigenvalue weighted by Crippen LogP contribution is -2.37. The fourth-order valence-electron chi connectivity index (χ4n) is 1.38. The van der Waals surface area contributed by atoms with Crippen LogP contribution in [0.1, 0.15) is 26.2 Å². The molecule has 0 atom stereocenters. The van der Waals surface area contributed by atoms with Gasteiger partial charge in [-0.05, 0) is 18.3 Å². The predicted octanol–water partition coefficient (Wildman–Crippen LogP) is 1.29. The van der Waals surface area contributed by atoms with E-state index in [9.17, 15) is 0 Å². The largest absolute Gasteiger partial charge is 0.304 e. The Bertz CT molecular complexity index is 142. The van der Waals surface area contributed by atoms with Gasteiger partial charge in [-0.1, -0.05) is 13.3 Å². The smallest absolute Gasteiger partial charge is 0.0841 e. The first-order chi connectivity index (χ1) is 4.77. The third kappa shape index (κ3) is 1.71. The summed E-state index contributed by atoms with van der Waals surface area (Å²) < 4.78 is 0. The minimum Gasteiger partial charge on any atom is -0.304 e. The summed E-state index contributed by atoms with van der Waals surface area (Å²) in [6.07, 6.45) is 4.02. The van der Waals surface area contributed by atoms with Crippen LogP contribution < -0.4 is 5.32 Å². The molecule has 0 aromatic heterocycles. The van der Waals surface area contributed by atoms with Gasteiger partial charge >= 0.3 is 0 Å². The van der Waals surface area contributed by atoms with Gasteiger partial charge in [-0.25, -0.2) is 0 Å². The first-order valence-corrected chi connectivity index (χ1v) is 3.84. The lowest BCUT2D eigenvalue weighted by Gasteiger charge is -2.38. The van der Waals surface area contributed by atoms with Crippen molar-refractivity contribution in [2.24, 2.45) is 5.41 Å². The Morgan fingerprint density at radius 2 is 2.30 bits per heavy atom. The molecule has 0 aliphatic heterocycles. The topological polar surface area (TPSA) is 35.8 Å². The van der Waals surface area contributed by atoms with E-state index in [0.29, 0.717) is 12.0 Å². The normalized spacial score (nSPS) is 21.2. The van der Waals surface area contributed by atoms with Crippen molar-refractivity contribution in [3.8, 4) is 6.07 Å². The Morgan fingerprint density at radius 3 is 2.70 bits per heavy atom. The number of nitrogens with zero attached hydrogens (tertiary/aromatic N) is 1. The molecule has 1 fully saturated rings. The molecule has 1 aliphatic rings. The summed E-state index contributed by atoms with van der Waals surface area (Å²) in [4.78, 5) is 0. The summed E-state index contributed by atoms with van der Waals surface area (Å²) in [7, 11) is 0. The van der Waals surface area contributed by atoms with Crippen LogP contribution in [0.4, 0.5) is 0 Å². The van der Waals surface area contributed by atoms with Gasteiger partial charge in [-0.2, -0.15) is 5.26 Å². The monoisotopic (exact) mass is 138 g/mol. The maximum absolute atomic E-state index is 8.24. The van der Waals surface area contributed by atoms with E-state index >= 15 is 0 Å². The predicted molar refractivity (Wildman–Crippen MR) is 40.4 cm³/mol. The van der Waals surface area contributed by atoms with Gasteiger partial charge in [0.05, 0.1) is 12.6 Å². The molecular weight excluding hydrogens is 124 g/mol. The SMILES string of the molecule is CC1(CNCC#N)CCC1. The van der Waals surface area contributed by atoms with Crippen LogP contribution in [0, 0.1) is 16.7 Å². The summed E-state index contributed by atoms with van der Waals surface area (Å²) in [5.74, 6) is 0. The van der Waals surface area contributed by atoms with Crippen molar-refractivity contribution in [3.63, 3.8) is 0 Å². The zero-order valence-electron chi connectivity index (χ0n) is 6.48. The molecule has 10 heavy (non-hydrogen) atoms. The average molecular weight is 138 g/mol. The Kier molecular flexibility index (Phi) is 2.29. The zero-order valence-corrected chi connectivity index (χ0v) is 6.48. The molecule has 1 rings (SSSR count). The van der Waals surface area contributed by atoms with E-state index in [0.717, 1.165) is 6.54 Å². The molecule has 0 saturated heterocycles. The van der Waals surface area contributed by atoms with Crippen LogP contribution >= 0.6 is 0 Å². The minimum absolute atomic E-state index is 0.496. The maximum Gasteiger partial charge on any atom is 0.0841 e. The number of hydrogen-bond donors (Lipinski definition) is 1. The highest BCUT2D eigenvalue weighted by molar-refractivity contribution is 4.86. The van der Waals surface area contributed by atoms with Crippen molar-refractivity contribution in [3.05, 3.63) is 0 Å². The molecular formula is C8H14N2. The van der Waals surface area contributed by atoms with E-state index in [1.54, 1.807) is 0 Å². The van der Waals surface area contributed by atoms with Gasteiger partial charge in [0.25, 0.3) is 0 Å². The lowest BCUT2D eigenvalue weighted by atomic mass is 9.70. The van der Waals surface area contributed by atoms with E-state index < -0.39 is 0 Å². The van der Waals surface area contributed by atoms with Crippen molar-refractivity contribution >= 4 is 0 Å². The van der Waals surface area contributed by atoms with Crippen LogP contribution in [0.15, 0.2) is 0 Å². The second kappa shape index (κ2) is 3.03. The molecule has 0 bridgehead atoms. The molecule has 0 aromatic rings. The Hall–Kier alpha value is -0.550. The summed E-state index contributed by atoms with van der Waals surface area (Å²) in [5, 5.41) is 11.4. The van der Waals surface area contributed by atoms with Gasteiger partial charge in [0, 0.05) is 6.54 Å². The van der Waals surface area contributed by atoms with Gasteiger partial charge in [-0.3, -0.25) is 0 Å². The van der Waals surface area contributed by atoms with E-state index in [1.807, 2.05) is 0 Å². The summed E-state index contributed by atoms with van der Waals surface area (Å²) in [6, 6.07) is 2.08. The minimum atomic E-state index is 0.496. The molecule has 56 valence electrons. The third-order valence-corrected chi connectivity index (χ3v) is 2.32. The molecule has 0 amide bonds. The second-order valence-electron chi connectivity index (χ2n) is 3.43. The van der Waals surface area contributed by atoms with Crippen molar-refractivity contribution < 1.29 is 0 Å². The van der Waals surface area contributed by atoms with Crippen LogP contribution in [0.3, 0.4) is 0 Å². The van der Waals surface area contributed by atoms with E-state index in [2.05, 4.69) is 18.3 Å². The molecule has 2 heteroatoms. The van der Waals surface area contributed by atoms with E-state index in [-0.39, 0.29) is 0 Å². The van der Waals surface area contributed by atoms with Crippen LogP contribution in [0.2, 0.25) is 0 Å². The van der Waals surface area contributed by atoms with Crippen LogP contribution in [0.5, 0.6) is 0 Å². The van der Waals surface area contributed by atoms with Crippen molar-refractivity contribution in [2.75, 3.05) is 13.1 Å². The maximum atomic E-state index is 8.24. The quantitative estimate of drug-likeness (QED) is 0.471. The number of nitriles is 1. The fourth-order valence-corrected chi connectivity index (χ4v) is 1.38. The number of nitrogens with one attached hydrogen (secondary N) is 1. The van der Waals surface area contributed by atoms with Crippen LogP contribution in [0.25, 0.3) is 0 Å². The zero-order chi connectivity index (χ0) is 7.45. The highest BCUT2D eigenvalue weighted by Gasteiger charge is 2.30. The molecule has 0 unspecified atom stereocenters. The highest BCUT2D eigenvalue weighted by Crippen LogP contribution is 2.39. The first-order valence-electron chi connectivity index (χ1n) is 3.84. The molecule has 1 N–H and O–H groups in total. The van der Waals surface area contributed by atoms with Crippen molar-refractivity contribution in [1.82, 2.24) is 5.32 Å². The third-order valence-electron chi connectivity index (χ3n) is 2.32. The molecule has 1 saturated carbocycles. The van der Waals surface area contributed by atoms with Gasteiger partial charge < -0.3 is 5.32 Å². The summed E-state index contributed by atoms with van der Waals surface area (Å²) in [6.45, 7) is 3.79. The Balaban J connectivity index is 2.07. The molecule has 1 aliphatic carbocycles. The molecule has 0 spiro atoms. The van der Waals surface area contributed by atoms with Gasteiger partial charge in [0.2, 0.25) is 0 Å².